The van der Waals surface area contributed by atoms with Gasteiger partial charge in [-0.3, -0.25) is 0 Å². The van der Waals surface area contributed by atoms with Gasteiger partial charge in [0.25, 0.3) is 0 Å². The molecule has 0 aliphatic rings. The number of nitrogens with zero attached hydrogens (tertiary/aromatic N) is 3. The van der Waals surface area contributed by atoms with Gasteiger partial charge in [-0.05, 0) is 0 Å². The van der Waals surface area contributed by atoms with Gasteiger partial charge in [-0.15, -0.1) is 0 Å². The van der Waals surface area contributed by atoms with Gasteiger partial charge in [-0.25, -0.2) is 0 Å². The van der Waals surface area contributed by atoms with Gasteiger partial charge in [-0.2, -0.15) is 0 Å². The van der Waals surface area contributed by atoms with Crippen LogP contribution in [-0.4, -0.2) is 14.6 Å². The van der Waals surface area contributed by atoms with Gasteiger partial charge < -0.3 is 0 Å². The summed E-state index contributed by atoms with van der Waals surface area (Å²) in [7, 11) is -2.40. The standard InChI is InChI=1S/C27H26N3P/c1-21-18-19-22(2)30-27(21)28-26(29-30)20-31(23-12-6-3-7-13-23,24-14-8-4-9-15-24)25-16-10-5-11-17-25/h3-19,31H,20H2,1-2H3. The summed E-state index contributed by atoms with van der Waals surface area (Å²) in [6.07, 6.45) is 0.811. The van der Waals surface area contributed by atoms with Crippen molar-refractivity contribution in [1.29, 1.82) is 0 Å². The fourth-order valence-corrected chi connectivity index (χ4v) is 9.05. The molecule has 0 aliphatic heterocycles. The Hall–Kier alpha value is -3.29. The van der Waals surface area contributed by atoms with E-state index in [1.807, 2.05) is 4.52 Å². The number of fused-ring (bicyclic) bond motifs is 1. The summed E-state index contributed by atoms with van der Waals surface area (Å²) >= 11 is 0. The van der Waals surface area contributed by atoms with Crippen LogP contribution in [0.15, 0.2) is 103 Å². The second-order valence-electron chi connectivity index (χ2n) is 8.10. The van der Waals surface area contributed by atoms with Crippen LogP contribution in [0.2, 0.25) is 0 Å². The van der Waals surface area contributed by atoms with Gasteiger partial charge in [0.05, 0.1) is 0 Å². The first-order valence-corrected chi connectivity index (χ1v) is 12.9. The van der Waals surface area contributed by atoms with Gasteiger partial charge in [0.15, 0.2) is 0 Å². The molecule has 0 fully saturated rings. The molecule has 0 saturated heterocycles. The van der Waals surface area contributed by atoms with E-state index in [-0.39, 0.29) is 0 Å². The van der Waals surface area contributed by atoms with E-state index in [1.165, 1.54) is 15.9 Å². The van der Waals surface area contributed by atoms with Crippen molar-refractivity contribution in [2.75, 3.05) is 0 Å². The molecule has 154 valence electrons. The summed E-state index contributed by atoms with van der Waals surface area (Å²) in [5.41, 5.74) is 3.20. The summed E-state index contributed by atoms with van der Waals surface area (Å²) in [6.45, 7) is 4.19. The van der Waals surface area contributed by atoms with E-state index in [2.05, 4.69) is 117 Å². The molecule has 0 bridgehead atoms. The molecule has 0 unspecified atom stereocenters. The van der Waals surface area contributed by atoms with Gasteiger partial charge in [-0.1, -0.05) is 0 Å². The Balaban J connectivity index is 1.78. The van der Waals surface area contributed by atoms with Crippen LogP contribution in [0.5, 0.6) is 0 Å². The Kier molecular flexibility index (Phi) is 5.13. The van der Waals surface area contributed by atoms with Crippen molar-refractivity contribution in [3.63, 3.8) is 0 Å². The molecule has 0 aliphatic carbocycles. The fraction of sp³-hybridized carbons (Fsp3) is 0.111. The van der Waals surface area contributed by atoms with E-state index >= 15 is 0 Å². The number of hydrogen-bond donors (Lipinski definition) is 0. The second kappa shape index (κ2) is 8.09. The summed E-state index contributed by atoms with van der Waals surface area (Å²) in [5, 5.41) is 9.10. The van der Waals surface area contributed by atoms with E-state index in [0.717, 1.165) is 28.9 Å². The van der Waals surface area contributed by atoms with Crippen molar-refractivity contribution >= 4 is 28.8 Å². The molecule has 5 aromatic rings. The summed E-state index contributed by atoms with van der Waals surface area (Å²) in [4.78, 5) is 5.02. The van der Waals surface area contributed by atoms with Crippen LogP contribution in [0, 0.1) is 13.8 Å². The predicted molar refractivity (Wildman–Crippen MR) is 133 cm³/mol. The molecule has 3 nitrogen and oxygen atoms in total. The Morgan fingerprint density at radius 1 is 0.645 bits per heavy atom. The van der Waals surface area contributed by atoms with E-state index in [1.54, 1.807) is 0 Å². The van der Waals surface area contributed by atoms with Crippen molar-refractivity contribution < 1.29 is 0 Å². The Bertz CT molecular complexity index is 1180. The average Bonchev–Trinajstić information content (AvgIpc) is 3.27. The third-order valence-corrected chi connectivity index (χ3v) is 10.9. The molecule has 0 amide bonds. The Morgan fingerprint density at radius 2 is 1.13 bits per heavy atom. The van der Waals surface area contributed by atoms with Crippen LogP contribution in [0.3, 0.4) is 0 Å². The maximum atomic E-state index is 5.02. The first-order chi connectivity index (χ1) is 15.2. The number of hydrogen-bond acceptors (Lipinski definition) is 2. The van der Waals surface area contributed by atoms with Crippen LogP contribution in [0.25, 0.3) is 5.65 Å². The zero-order valence-corrected chi connectivity index (χ0v) is 18.9. The molecule has 0 saturated carbocycles. The van der Waals surface area contributed by atoms with Crippen LogP contribution in [0.1, 0.15) is 17.1 Å². The van der Waals surface area contributed by atoms with E-state index in [4.69, 9.17) is 10.1 Å². The third-order valence-electron chi connectivity index (χ3n) is 6.14. The SMILES string of the molecule is Cc1ccc(C)n2nc(C[PH](c3ccccc3)(c3ccccc3)c3ccccc3)nc12. The normalized spacial score (nSPS) is 12.2. The van der Waals surface area contributed by atoms with E-state index in [9.17, 15) is 0 Å². The molecule has 5 rings (SSSR count). The van der Waals surface area contributed by atoms with E-state index < -0.39 is 7.26 Å². The Labute approximate surface area is 183 Å². The molecule has 0 radical (unpaired) electrons. The molecule has 3 aromatic carbocycles. The zero-order chi connectivity index (χ0) is 21.3. The van der Waals surface area contributed by atoms with Crippen LogP contribution in [-0.2, 0) is 6.16 Å². The van der Waals surface area contributed by atoms with Crippen molar-refractivity contribution in [1.82, 2.24) is 14.6 Å². The minimum atomic E-state index is -2.40. The number of pyridine rings is 1. The molecular weight excluding hydrogens is 397 g/mol. The number of aryl methyl sites for hydroxylation is 2. The molecule has 0 atom stereocenters. The summed E-state index contributed by atoms with van der Waals surface area (Å²) in [6, 6.07) is 37.0. The molecule has 0 spiro atoms. The molecule has 4 heteroatoms. The Morgan fingerprint density at radius 3 is 1.58 bits per heavy atom. The molecule has 2 heterocycles. The number of rotatable bonds is 5. The van der Waals surface area contributed by atoms with Gasteiger partial charge in [0, 0.05) is 0 Å². The monoisotopic (exact) mass is 423 g/mol. The van der Waals surface area contributed by atoms with Crippen molar-refractivity contribution in [2.45, 2.75) is 20.0 Å². The van der Waals surface area contributed by atoms with E-state index in [0.29, 0.717) is 0 Å². The van der Waals surface area contributed by atoms with Crippen molar-refractivity contribution in [2.24, 2.45) is 0 Å². The third kappa shape index (κ3) is 3.45. The van der Waals surface area contributed by atoms with Crippen LogP contribution >= 0.6 is 7.26 Å². The first-order valence-electron chi connectivity index (χ1n) is 10.7. The minimum absolute atomic E-state index is 0.811. The second-order valence-corrected chi connectivity index (χ2v) is 12.0. The van der Waals surface area contributed by atoms with Gasteiger partial charge in [0.2, 0.25) is 0 Å². The number of aromatic nitrogens is 3. The topological polar surface area (TPSA) is 30.2 Å². The van der Waals surface area contributed by atoms with Crippen LogP contribution < -0.4 is 15.9 Å². The zero-order valence-electron chi connectivity index (χ0n) is 17.9. The number of benzene rings is 3. The predicted octanol–water partition coefficient (Wildman–Crippen LogP) is 4.57. The van der Waals surface area contributed by atoms with Crippen molar-refractivity contribution in [3.05, 3.63) is 120 Å². The molecule has 2 aromatic heterocycles. The fourth-order valence-electron chi connectivity index (χ4n) is 4.53. The van der Waals surface area contributed by atoms with Gasteiger partial charge >= 0.3 is 184 Å². The molecule has 0 N–H and O–H groups in total. The molecular formula is C27H26N3P. The quantitative estimate of drug-likeness (QED) is 0.388. The average molecular weight is 424 g/mol. The molecule has 31 heavy (non-hydrogen) atoms. The summed E-state index contributed by atoms with van der Waals surface area (Å²) < 4.78 is 1.99. The summed E-state index contributed by atoms with van der Waals surface area (Å²) in [5.74, 6) is 0.903. The first kappa shape index (κ1) is 19.7. The van der Waals surface area contributed by atoms with Crippen LogP contribution in [0.4, 0.5) is 0 Å². The van der Waals surface area contributed by atoms with Crippen molar-refractivity contribution in [3.8, 4) is 0 Å². The maximum absolute atomic E-state index is 5.02. The van der Waals surface area contributed by atoms with Gasteiger partial charge in [0.1, 0.15) is 0 Å².